The van der Waals surface area contributed by atoms with Gasteiger partial charge in [-0.1, -0.05) is 24.3 Å². The van der Waals surface area contributed by atoms with Crippen molar-refractivity contribution in [3.63, 3.8) is 0 Å². The summed E-state index contributed by atoms with van der Waals surface area (Å²) in [6.07, 6.45) is 3.33. The largest absolute Gasteiger partial charge is 0.478 e. The topological polar surface area (TPSA) is 88.9 Å². The third kappa shape index (κ3) is 2.46. The number of rotatable bonds is 2. The highest BCUT2D eigenvalue weighted by molar-refractivity contribution is 6.04. The second-order valence-electron chi connectivity index (χ2n) is 6.14. The lowest BCUT2D eigenvalue weighted by molar-refractivity contribution is 0.0699. The molecule has 0 bridgehead atoms. The van der Waals surface area contributed by atoms with E-state index in [4.69, 9.17) is 4.98 Å². The summed E-state index contributed by atoms with van der Waals surface area (Å²) in [6, 6.07) is 16.6. The first-order valence-corrected chi connectivity index (χ1v) is 8.35. The fraction of sp³-hybridized carbons (Fsp3) is 0. The maximum absolute atomic E-state index is 11.7. The number of nitrogens with zero attached hydrogens (tertiary/aromatic N) is 4. The second kappa shape index (κ2) is 5.81. The maximum Gasteiger partial charge on any atom is 0.336 e. The van der Waals surface area contributed by atoms with Crippen molar-refractivity contribution in [1.82, 2.24) is 19.9 Å². The molecule has 6 nitrogen and oxygen atoms in total. The fourth-order valence-corrected chi connectivity index (χ4v) is 3.23. The summed E-state index contributed by atoms with van der Waals surface area (Å²) in [5.74, 6) is -1.02. The van der Waals surface area contributed by atoms with Gasteiger partial charge in [0.15, 0.2) is 5.65 Å². The van der Waals surface area contributed by atoms with Crippen molar-refractivity contribution in [2.45, 2.75) is 0 Å². The van der Waals surface area contributed by atoms with E-state index in [1.165, 1.54) is 0 Å². The maximum atomic E-state index is 11.7. The highest BCUT2D eigenvalue weighted by Gasteiger charge is 2.15. The van der Waals surface area contributed by atoms with Gasteiger partial charge in [0.2, 0.25) is 0 Å². The van der Waals surface area contributed by atoms with E-state index in [1.54, 1.807) is 30.6 Å². The number of carboxylic acid groups (broad SMARTS) is 1. The molecule has 0 atom stereocenters. The minimum Gasteiger partial charge on any atom is -0.478 e. The number of aromatic nitrogens is 4. The van der Waals surface area contributed by atoms with Crippen LogP contribution in [0.1, 0.15) is 10.4 Å². The first-order valence-electron chi connectivity index (χ1n) is 8.35. The van der Waals surface area contributed by atoms with Crippen molar-refractivity contribution < 1.29 is 9.90 Å². The number of hydrogen-bond donors (Lipinski definition) is 1. The Labute approximate surface area is 153 Å². The number of fused-ring (bicyclic) bond motifs is 4. The van der Waals surface area contributed by atoms with Gasteiger partial charge >= 0.3 is 5.97 Å². The standard InChI is InChI=1S/C21H12N4O2/c26-21(27)15-11-17(25-20-14(15)4-2-10-23-20)16-8-7-13-6-5-12-3-1-9-22-18(12)19(13)24-16/h1-11H,(H,26,27). The molecule has 6 heteroatoms. The molecule has 128 valence electrons. The van der Waals surface area contributed by atoms with Crippen LogP contribution < -0.4 is 0 Å². The summed E-state index contributed by atoms with van der Waals surface area (Å²) in [6.45, 7) is 0. The summed E-state index contributed by atoms with van der Waals surface area (Å²) >= 11 is 0. The van der Waals surface area contributed by atoms with Crippen LogP contribution in [0.25, 0.3) is 44.2 Å². The van der Waals surface area contributed by atoms with Crippen molar-refractivity contribution in [1.29, 1.82) is 0 Å². The van der Waals surface area contributed by atoms with E-state index >= 15 is 0 Å². The van der Waals surface area contributed by atoms with Gasteiger partial charge in [-0.2, -0.15) is 0 Å². The van der Waals surface area contributed by atoms with Crippen LogP contribution in [0.15, 0.2) is 67.0 Å². The van der Waals surface area contributed by atoms with Crippen molar-refractivity contribution in [3.8, 4) is 11.4 Å². The fourth-order valence-electron chi connectivity index (χ4n) is 3.23. The van der Waals surface area contributed by atoms with E-state index in [1.807, 2.05) is 36.4 Å². The zero-order valence-electron chi connectivity index (χ0n) is 14.0. The molecule has 0 amide bonds. The SMILES string of the molecule is O=C(O)c1cc(-c2ccc3ccc4cccnc4c3n2)nc2ncccc12. The average Bonchev–Trinajstić information content (AvgIpc) is 2.72. The van der Waals surface area contributed by atoms with E-state index in [0.29, 0.717) is 22.4 Å². The zero-order valence-corrected chi connectivity index (χ0v) is 14.0. The van der Waals surface area contributed by atoms with E-state index < -0.39 is 5.97 Å². The van der Waals surface area contributed by atoms with Gasteiger partial charge in [-0.25, -0.2) is 19.7 Å². The number of hydrogen-bond acceptors (Lipinski definition) is 5. The normalized spacial score (nSPS) is 11.3. The predicted octanol–water partition coefficient (Wildman–Crippen LogP) is 4.09. The van der Waals surface area contributed by atoms with E-state index in [9.17, 15) is 9.90 Å². The van der Waals surface area contributed by atoms with E-state index in [2.05, 4.69) is 15.0 Å². The molecular weight excluding hydrogens is 340 g/mol. The van der Waals surface area contributed by atoms with Crippen LogP contribution in [0.5, 0.6) is 0 Å². The minimum absolute atomic E-state index is 0.154. The lowest BCUT2D eigenvalue weighted by Crippen LogP contribution is -2.01. The van der Waals surface area contributed by atoms with Crippen LogP contribution in [-0.2, 0) is 0 Å². The Kier molecular flexibility index (Phi) is 3.30. The average molecular weight is 352 g/mol. The highest BCUT2D eigenvalue weighted by Crippen LogP contribution is 2.27. The molecule has 0 spiro atoms. The smallest absolute Gasteiger partial charge is 0.336 e. The Morgan fingerprint density at radius 1 is 0.778 bits per heavy atom. The van der Waals surface area contributed by atoms with Gasteiger partial charge in [0, 0.05) is 28.6 Å². The van der Waals surface area contributed by atoms with Crippen LogP contribution >= 0.6 is 0 Å². The second-order valence-corrected chi connectivity index (χ2v) is 6.14. The summed E-state index contributed by atoms with van der Waals surface area (Å²) in [5.41, 5.74) is 3.13. The molecule has 5 rings (SSSR count). The van der Waals surface area contributed by atoms with Crippen molar-refractivity contribution in [3.05, 3.63) is 72.6 Å². The molecule has 0 fully saturated rings. The quantitative estimate of drug-likeness (QED) is 0.481. The van der Waals surface area contributed by atoms with E-state index in [-0.39, 0.29) is 5.56 Å². The molecule has 1 aromatic carbocycles. The number of carbonyl (C=O) groups is 1. The zero-order chi connectivity index (χ0) is 18.4. The summed E-state index contributed by atoms with van der Waals surface area (Å²) in [4.78, 5) is 29.6. The number of carboxylic acids is 1. The van der Waals surface area contributed by atoms with Crippen molar-refractivity contribution in [2.24, 2.45) is 0 Å². The van der Waals surface area contributed by atoms with Gasteiger partial charge < -0.3 is 5.11 Å². The molecule has 0 aliphatic heterocycles. The first kappa shape index (κ1) is 15.3. The van der Waals surface area contributed by atoms with Gasteiger partial charge in [-0.15, -0.1) is 0 Å². The van der Waals surface area contributed by atoms with E-state index in [0.717, 1.165) is 21.8 Å². The third-order valence-electron chi connectivity index (χ3n) is 4.51. The van der Waals surface area contributed by atoms with Crippen LogP contribution in [-0.4, -0.2) is 31.0 Å². The summed E-state index contributed by atoms with van der Waals surface area (Å²) in [7, 11) is 0. The summed E-state index contributed by atoms with van der Waals surface area (Å²) < 4.78 is 0. The third-order valence-corrected chi connectivity index (χ3v) is 4.51. The predicted molar refractivity (Wildman–Crippen MR) is 103 cm³/mol. The molecule has 0 aliphatic carbocycles. The van der Waals surface area contributed by atoms with Gasteiger partial charge in [-0.05, 0) is 30.3 Å². The lowest BCUT2D eigenvalue weighted by Gasteiger charge is -2.08. The van der Waals surface area contributed by atoms with Crippen LogP contribution in [0, 0.1) is 0 Å². The van der Waals surface area contributed by atoms with Crippen LogP contribution in [0.4, 0.5) is 0 Å². The molecule has 1 N–H and O–H groups in total. The molecule has 0 aliphatic rings. The summed E-state index contributed by atoms with van der Waals surface area (Å²) in [5, 5.41) is 12.0. The Morgan fingerprint density at radius 2 is 1.52 bits per heavy atom. The minimum atomic E-state index is -1.02. The number of aromatic carboxylic acids is 1. The Balaban J connectivity index is 1.80. The Morgan fingerprint density at radius 3 is 2.37 bits per heavy atom. The van der Waals surface area contributed by atoms with Gasteiger partial charge in [0.25, 0.3) is 0 Å². The van der Waals surface area contributed by atoms with Gasteiger partial charge in [0.05, 0.1) is 28.0 Å². The highest BCUT2D eigenvalue weighted by atomic mass is 16.4. The molecule has 27 heavy (non-hydrogen) atoms. The molecular formula is C21H12N4O2. The lowest BCUT2D eigenvalue weighted by atomic mass is 10.1. The Bertz CT molecular complexity index is 1360. The van der Waals surface area contributed by atoms with Crippen LogP contribution in [0.3, 0.4) is 0 Å². The molecule has 0 unspecified atom stereocenters. The molecule has 4 aromatic heterocycles. The monoisotopic (exact) mass is 352 g/mol. The van der Waals surface area contributed by atoms with Crippen molar-refractivity contribution in [2.75, 3.05) is 0 Å². The molecule has 5 aromatic rings. The first-order chi connectivity index (χ1) is 13.2. The van der Waals surface area contributed by atoms with Gasteiger partial charge in [-0.3, -0.25) is 4.98 Å². The number of benzene rings is 1. The van der Waals surface area contributed by atoms with Crippen molar-refractivity contribution >= 4 is 38.8 Å². The molecule has 0 radical (unpaired) electrons. The van der Waals surface area contributed by atoms with Gasteiger partial charge in [0.1, 0.15) is 0 Å². The molecule has 0 saturated carbocycles. The Hall–Kier alpha value is -3.93. The molecule has 4 heterocycles. The van der Waals surface area contributed by atoms with Crippen LogP contribution in [0.2, 0.25) is 0 Å². The molecule has 0 saturated heterocycles. The number of pyridine rings is 4.